The smallest absolute Gasteiger partial charge is 0.264 e. The molecule has 0 bridgehead atoms. The Hall–Kier alpha value is -2.43. The molecule has 0 fully saturated rings. The van der Waals surface area contributed by atoms with E-state index in [4.69, 9.17) is 0 Å². The monoisotopic (exact) mass is 439 g/mol. The van der Waals surface area contributed by atoms with Crippen LogP contribution in [-0.4, -0.2) is 48.1 Å². The Labute approximate surface area is 172 Å². The molecular formula is C19H25N3O5S2. The molecule has 0 atom stereocenters. The number of amides is 1. The summed E-state index contributed by atoms with van der Waals surface area (Å²) in [6.07, 6.45) is 0. The molecule has 0 aliphatic carbocycles. The Balaban J connectivity index is 2.06. The van der Waals surface area contributed by atoms with E-state index in [1.165, 1.54) is 35.5 Å². The summed E-state index contributed by atoms with van der Waals surface area (Å²) in [5.41, 5.74) is 0.844. The number of hydrogen-bond acceptors (Lipinski definition) is 5. The van der Waals surface area contributed by atoms with Crippen LogP contribution in [0.5, 0.6) is 0 Å². The number of nitrogens with one attached hydrogen (secondary N) is 2. The predicted octanol–water partition coefficient (Wildman–Crippen LogP) is 1.57. The fourth-order valence-electron chi connectivity index (χ4n) is 2.58. The van der Waals surface area contributed by atoms with Gasteiger partial charge in [-0.15, -0.1) is 0 Å². The second-order valence-electron chi connectivity index (χ2n) is 6.08. The molecule has 0 aromatic heterocycles. The summed E-state index contributed by atoms with van der Waals surface area (Å²) in [4.78, 5) is 12.2. The van der Waals surface area contributed by atoms with E-state index in [2.05, 4.69) is 10.0 Å². The molecule has 158 valence electrons. The quantitative estimate of drug-likeness (QED) is 0.546. The lowest BCUT2D eigenvalue weighted by Crippen LogP contribution is -2.35. The van der Waals surface area contributed by atoms with E-state index in [1.807, 2.05) is 6.07 Å². The van der Waals surface area contributed by atoms with Crippen molar-refractivity contribution in [3.8, 4) is 0 Å². The Morgan fingerprint density at radius 3 is 2.07 bits per heavy atom. The van der Waals surface area contributed by atoms with Gasteiger partial charge in [0, 0.05) is 25.2 Å². The minimum absolute atomic E-state index is 0.0331. The predicted molar refractivity (Wildman–Crippen MR) is 113 cm³/mol. The zero-order valence-corrected chi connectivity index (χ0v) is 18.0. The van der Waals surface area contributed by atoms with Gasteiger partial charge in [-0.3, -0.25) is 9.10 Å². The van der Waals surface area contributed by atoms with Gasteiger partial charge in [-0.1, -0.05) is 18.2 Å². The average Bonchev–Trinajstić information content (AvgIpc) is 2.72. The van der Waals surface area contributed by atoms with Gasteiger partial charge < -0.3 is 5.32 Å². The number of hydrogen-bond donors (Lipinski definition) is 2. The first-order valence-corrected chi connectivity index (χ1v) is 12.2. The second-order valence-corrected chi connectivity index (χ2v) is 10.0. The van der Waals surface area contributed by atoms with Crippen molar-refractivity contribution in [2.75, 3.05) is 29.7 Å². The van der Waals surface area contributed by atoms with Gasteiger partial charge in [0.15, 0.2) is 0 Å². The highest BCUT2D eigenvalue weighted by Gasteiger charge is 2.23. The minimum atomic E-state index is -3.76. The van der Waals surface area contributed by atoms with Crippen LogP contribution in [0.25, 0.3) is 0 Å². The van der Waals surface area contributed by atoms with Crippen molar-refractivity contribution in [3.05, 3.63) is 60.2 Å². The van der Waals surface area contributed by atoms with E-state index in [9.17, 15) is 21.6 Å². The van der Waals surface area contributed by atoms with E-state index in [0.29, 0.717) is 5.69 Å². The lowest BCUT2D eigenvalue weighted by atomic mass is 10.2. The fraction of sp³-hybridized carbons (Fsp3) is 0.316. The van der Waals surface area contributed by atoms with Crippen molar-refractivity contribution in [1.29, 1.82) is 0 Å². The van der Waals surface area contributed by atoms with Gasteiger partial charge >= 0.3 is 0 Å². The Morgan fingerprint density at radius 1 is 0.897 bits per heavy atom. The van der Waals surface area contributed by atoms with Crippen LogP contribution >= 0.6 is 0 Å². The molecule has 2 aromatic carbocycles. The fourth-order valence-corrected chi connectivity index (χ4v) is 4.67. The third-order valence-corrected chi connectivity index (χ3v) is 7.47. The van der Waals surface area contributed by atoms with Gasteiger partial charge in [-0.05, 0) is 50.2 Å². The van der Waals surface area contributed by atoms with Gasteiger partial charge in [-0.25, -0.2) is 21.6 Å². The summed E-state index contributed by atoms with van der Waals surface area (Å²) < 4.78 is 52.2. The van der Waals surface area contributed by atoms with Crippen molar-refractivity contribution < 1.29 is 21.6 Å². The van der Waals surface area contributed by atoms with Gasteiger partial charge in [0.05, 0.1) is 16.3 Å². The summed E-state index contributed by atoms with van der Waals surface area (Å²) >= 11 is 0. The van der Waals surface area contributed by atoms with Gasteiger partial charge in [0.2, 0.25) is 10.0 Å². The van der Waals surface area contributed by atoms with Crippen molar-refractivity contribution in [3.63, 3.8) is 0 Å². The van der Waals surface area contributed by atoms with Crippen LogP contribution < -0.4 is 14.3 Å². The van der Waals surface area contributed by atoms with Crippen molar-refractivity contribution in [2.45, 2.75) is 18.7 Å². The zero-order valence-electron chi connectivity index (χ0n) is 16.3. The highest BCUT2D eigenvalue weighted by Crippen LogP contribution is 2.23. The van der Waals surface area contributed by atoms with Crippen molar-refractivity contribution >= 4 is 31.6 Å². The number of anilines is 1. The molecule has 1 amide bonds. The molecule has 0 saturated heterocycles. The Bertz CT molecular complexity index is 1020. The van der Waals surface area contributed by atoms with Gasteiger partial charge in [0.1, 0.15) is 0 Å². The van der Waals surface area contributed by atoms with E-state index >= 15 is 0 Å². The summed E-state index contributed by atoms with van der Waals surface area (Å²) in [7, 11) is -7.07. The number of rotatable bonds is 10. The number of nitrogens with zero attached hydrogens (tertiary/aromatic N) is 1. The van der Waals surface area contributed by atoms with Crippen LogP contribution in [0.3, 0.4) is 0 Å². The largest absolute Gasteiger partial charge is 0.351 e. The topological polar surface area (TPSA) is 113 Å². The Morgan fingerprint density at radius 2 is 1.52 bits per heavy atom. The third-order valence-electron chi connectivity index (χ3n) is 4.15. The average molecular weight is 440 g/mol. The zero-order chi connectivity index (χ0) is 21.5. The molecule has 0 radical (unpaired) electrons. The van der Waals surface area contributed by atoms with Gasteiger partial charge in [-0.2, -0.15) is 0 Å². The van der Waals surface area contributed by atoms with Gasteiger partial charge in [0.25, 0.3) is 15.9 Å². The second kappa shape index (κ2) is 9.86. The van der Waals surface area contributed by atoms with Crippen molar-refractivity contribution in [2.24, 2.45) is 0 Å². The number of carbonyl (C=O) groups is 1. The van der Waals surface area contributed by atoms with E-state index < -0.39 is 26.0 Å². The molecule has 0 unspecified atom stereocenters. The molecular weight excluding hydrogens is 414 g/mol. The highest BCUT2D eigenvalue weighted by atomic mass is 32.2. The summed E-state index contributed by atoms with van der Waals surface area (Å²) in [5, 5.41) is 2.59. The molecule has 0 aliphatic heterocycles. The first-order valence-electron chi connectivity index (χ1n) is 9.14. The van der Waals surface area contributed by atoms with Crippen LogP contribution in [0.15, 0.2) is 59.5 Å². The molecule has 2 rings (SSSR count). The minimum Gasteiger partial charge on any atom is -0.351 e. The standard InChI is InChI=1S/C19H25N3O5S2/c1-3-22(17-8-6-5-7-9-17)29(26,27)18-12-10-16(11-13-18)19(23)20-14-15-21-28(24,25)4-2/h5-13,21H,3-4,14-15H2,1-2H3,(H,20,23). The van der Waals surface area contributed by atoms with Crippen LogP contribution in [0.1, 0.15) is 24.2 Å². The maximum Gasteiger partial charge on any atom is 0.264 e. The molecule has 2 N–H and O–H groups in total. The van der Waals surface area contributed by atoms with Crippen LogP contribution in [0.2, 0.25) is 0 Å². The van der Waals surface area contributed by atoms with Crippen LogP contribution in [0.4, 0.5) is 5.69 Å². The van der Waals surface area contributed by atoms with Crippen LogP contribution in [-0.2, 0) is 20.0 Å². The molecule has 0 saturated carbocycles. The Kier molecular flexibility index (Phi) is 7.77. The maximum atomic E-state index is 12.9. The van der Waals surface area contributed by atoms with Crippen molar-refractivity contribution in [1.82, 2.24) is 10.0 Å². The normalized spacial score (nSPS) is 11.8. The summed E-state index contributed by atoms with van der Waals surface area (Å²) in [6, 6.07) is 14.4. The molecule has 2 aromatic rings. The molecule has 8 nitrogen and oxygen atoms in total. The number of carbonyl (C=O) groups excluding carboxylic acids is 1. The first-order chi connectivity index (χ1) is 13.7. The molecule has 10 heteroatoms. The lowest BCUT2D eigenvalue weighted by molar-refractivity contribution is 0.0954. The SMILES string of the molecule is CCN(c1ccccc1)S(=O)(=O)c1ccc(C(=O)NCCNS(=O)(=O)CC)cc1. The molecule has 0 aliphatic rings. The number of benzene rings is 2. The summed E-state index contributed by atoms with van der Waals surface area (Å²) in [6.45, 7) is 3.74. The van der Waals surface area contributed by atoms with E-state index in [0.717, 1.165) is 0 Å². The maximum absolute atomic E-state index is 12.9. The van der Waals surface area contributed by atoms with Crippen LogP contribution in [0, 0.1) is 0 Å². The molecule has 0 heterocycles. The third kappa shape index (κ3) is 6.02. The van der Waals surface area contributed by atoms with E-state index in [1.54, 1.807) is 31.2 Å². The lowest BCUT2D eigenvalue weighted by Gasteiger charge is -2.23. The number of para-hydroxylation sites is 1. The first kappa shape index (κ1) is 22.9. The van der Waals surface area contributed by atoms with E-state index in [-0.39, 0.29) is 35.8 Å². The molecule has 29 heavy (non-hydrogen) atoms. The highest BCUT2D eigenvalue weighted by molar-refractivity contribution is 7.92. The summed E-state index contributed by atoms with van der Waals surface area (Å²) in [5.74, 6) is -0.450. The number of sulfonamides is 2. The molecule has 0 spiro atoms.